The molecule has 108 valence electrons. The standard InChI is InChI=1S/C17H25N3/c1-5-14-8-6-7-9-15(14)12-20-13-18-10-16(20)11-19-17(2,3)4/h6-10,13,19H,5,11-12H2,1-4H3. The van der Waals surface area contributed by atoms with Crippen molar-refractivity contribution >= 4 is 0 Å². The molecule has 1 heterocycles. The number of hydrogen-bond acceptors (Lipinski definition) is 2. The molecule has 0 bridgehead atoms. The second-order valence-electron chi connectivity index (χ2n) is 6.24. The van der Waals surface area contributed by atoms with Crippen LogP contribution in [0.25, 0.3) is 0 Å². The van der Waals surface area contributed by atoms with E-state index in [1.54, 1.807) is 0 Å². The van der Waals surface area contributed by atoms with Crippen molar-refractivity contribution in [1.29, 1.82) is 0 Å². The molecule has 0 saturated heterocycles. The number of aromatic nitrogens is 2. The van der Waals surface area contributed by atoms with Gasteiger partial charge >= 0.3 is 0 Å². The minimum atomic E-state index is 0.121. The van der Waals surface area contributed by atoms with Crippen molar-refractivity contribution in [2.75, 3.05) is 0 Å². The molecule has 0 aliphatic rings. The lowest BCUT2D eigenvalue weighted by Crippen LogP contribution is -2.35. The Morgan fingerprint density at radius 3 is 2.50 bits per heavy atom. The van der Waals surface area contributed by atoms with Crippen LogP contribution in [0.2, 0.25) is 0 Å². The molecule has 0 atom stereocenters. The average molecular weight is 271 g/mol. The van der Waals surface area contributed by atoms with E-state index >= 15 is 0 Å². The van der Waals surface area contributed by atoms with E-state index in [-0.39, 0.29) is 5.54 Å². The Labute approximate surface area is 122 Å². The zero-order valence-corrected chi connectivity index (χ0v) is 13.0. The van der Waals surface area contributed by atoms with Crippen LogP contribution in [0.15, 0.2) is 36.8 Å². The zero-order valence-electron chi connectivity index (χ0n) is 13.0. The lowest BCUT2D eigenvalue weighted by molar-refractivity contribution is 0.417. The van der Waals surface area contributed by atoms with Gasteiger partial charge in [-0.2, -0.15) is 0 Å². The Balaban J connectivity index is 2.12. The van der Waals surface area contributed by atoms with E-state index in [1.807, 2.05) is 12.5 Å². The fourth-order valence-corrected chi connectivity index (χ4v) is 2.23. The van der Waals surface area contributed by atoms with Crippen molar-refractivity contribution in [3.8, 4) is 0 Å². The van der Waals surface area contributed by atoms with E-state index in [9.17, 15) is 0 Å². The van der Waals surface area contributed by atoms with Crippen molar-refractivity contribution < 1.29 is 0 Å². The third-order valence-corrected chi connectivity index (χ3v) is 3.44. The molecule has 0 aliphatic heterocycles. The van der Waals surface area contributed by atoms with Gasteiger partial charge in [0.15, 0.2) is 0 Å². The highest BCUT2D eigenvalue weighted by atomic mass is 15.1. The SMILES string of the molecule is CCc1ccccc1Cn1cncc1CNC(C)(C)C. The van der Waals surface area contributed by atoms with Crippen LogP contribution in [0.3, 0.4) is 0 Å². The molecule has 1 aromatic carbocycles. The molecular formula is C17H25N3. The molecule has 3 nitrogen and oxygen atoms in total. The highest BCUT2D eigenvalue weighted by molar-refractivity contribution is 5.27. The van der Waals surface area contributed by atoms with E-state index in [1.165, 1.54) is 16.8 Å². The van der Waals surface area contributed by atoms with Crippen molar-refractivity contribution in [2.45, 2.75) is 52.7 Å². The van der Waals surface area contributed by atoms with Gasteiger partial charge in [0.2, 0.25) is 0 Å². The van der Waals surface area contributed by atoms with Crippen LogP contribution in [-0.4, -0.2) is 15.1 Å². The number of aryl methyl sites for hydroxylation is 1. The minimum absolute atomic E-state index is 0.121. The number of nitrogens with zero attached hydrogens (tertiary/aromatic N) is 2. The Kier molecular flexibility index (Phi) is 4.61. The smallest absolute Gasteiger partial charge is 0.0951 e. The maximum absolute atomic E-state index is 4.30. The monoisotopic (exact) mass is 271 g/mol. The molecule has 1 N–H and O–H groups in total. The molecule has 0 saturated carbocycles. The lowest BCUT2D eigenvalue weighted by atomic mass is 10.1. The third kappa shape index (κ3) is 3.94. The summed E-state index contributed by atoms with van der Waals surface area (Å²) in [5, 5.41) is 3.52. The molecule has 1 aromatic heterocycles. The van der Waals surface area contributed by atoms with E-state index in [4.69, 9.17) is 0 Å². The Bertz CT molecular complexity index is 549. The molecule has 0 radical (unpaired) electrons. The van der Waals surface area contributed by atoms with Crippen LogP contribution in [0.1, 0.15) is 44.5 Å². The molecule has 2 rings (SSSR count). The normalized spacial score (nSPS) is 11.8. The van der Waals surface area contributed by atoms with Gasteiger partial charge in [0.25, 0.3) is 0 Å². The van der Waals surface area contributed by atoms with Crippen LogP contribution in [0, 0.1) is 0 Å². The summed E-state index contributed by atoms with van der Waals surface area (Å²) in [6.45, 7) is 10.5. The van der Waals surface area contributed by atoms with E-state index in [0.29, 0.717) is 0 Å². The fraction of sp³-hybridized carbons (Fsp3) is 0.471. The maximum Gasteiger partial charge on any atom is 0.0951 e. The van der Waals surface area contributed by atoms with Gasteiger partial charge in [0.05, 0.1) is 12.0 Å². The number of nitrogens with one attached hydrogen (secondary N) is 1. The summed E-state index contributed by atoms with van der Waals surface area (Å²) in [5.74, 6) is 0. The van der Waals surface area contributed by atoms with Crippen LogP contribution >= 0.6 is 0 Å². The second kappa shape index (κ2) is 6.23. The van der Waals surface area contributed by atoms with Gasteiger partial charge in [0.1, 0.15) is 0 Å². The van der Waals surface area contributed by atoms with E-state index in [2.05, 4.69) is 66.8 Å². The molecule has 0 unspecified atom stereocenters. The predicted octanol–water partition coefficient (Wildman–Crippen LogP) is 3.38. The van der Waals surface area contributed by atoms with Gasteiger partial charge in [0, 0.05) is 24.8 Å². The predicted molar refractivity (Wildman–Crippen MR) is 83.7 cm³/mol. The lowest BCUT2D eigenvalue weighted by Gasteiger charge is -2.21. The fourth-order valence-electron chi connectivity index (χ4n) is 2.23. The molecular weight excluding hydrogens is 246 g/mol. The topological polar surface area (TPSA) is 29.9 Å². The third-order valence-electron chi connectivity index (χ3n) is 3.44. The van der Waals surface area contributed by atoms with E-state index in [0.717, 1.165) is 19.5 Å². The van der Waals surface area contributed by atoms with Crippen LogP contribution in [0.5, 0.6) is 0 Å². The van der Waals surface area contributed by atoms with Crippen molar-refractivity contribution in [2.24, 2.45) is 0 Å². The van der Waals surface area contributed by atoms with Gasteiger partial charge in [-0.1, -0.05) is 31.2 Å². The van der Waals surface area contributed by atoms with Crippen LogP contribution in [0.4, 0.5) is 0 Å². The average Bonchev–Trinajstić information content (AvgIpc) is 2.83. The van der Waals surface area contributed by atoms with Crippen LogP contribution in [-0.2, 0) is 19.5 Å². The Hall–Kier alpha value is -1.61. The van der Waals surface area contributed by atoms with Gasteiger partial charge in [-0.3, -0.25) is 0 Å². The molecule has 0 spiro atoms. The number of benzene rings is 1. The summed E-state index contributed by atoms with van der Waals surface area (Å²) < 4.78 is 2.23. The summed E-state index contributed by atoms with van der Waals surface area (Å²) >= 11 is 0. The minimum Gasteiger partial charge on any atom is -0.329 e. The van der Waals surface area contributed by atoms with Crippen molar-refractivity contribution in [3.63, 3.8) is 0 Å². The second-order valence-corrected chi connectivity index (χ2v) is 6.24. The first-order valence-corrected chi connectivity index (χ1v) is 7.30. The summed E-state index contributed by atoms with van der Waals surface area (Å²) in [6.07, 6.45) is 4.94. The van der Waals surface area contributed by atoms with Gasteiger partial charge in [-0.05, 0) is 38.3 Å². The molecule has 3 heteroatoms. The van der Waals surface area contributed by atoms with Crippen LogP contribution < -0.4 is 5.32 Å². The van der Waals surface area contributed by atoms with E-state index < -0.39 is 0 Å². The zero-order chi connectivity index (χ0) is 14.6. The summed E-state index contributed by atoms with van der Waals surface area (Å²) in [6, 6.07) is 8.63. The highest BCUT2D eigenvalue weighted by Crippen LogP contribution is 2.13. The largest absolute Gasteiger partial charge is 0.329 e. The number of imidazole rings is 1. The first-order valence-electron chi connectivity index (χ1n) is 7.30. The Morgan fingerprint density at radius 1 is 1.15 bits per heavy atom. The van der Waals surface area contributed by atoms with Crippen molar-refractivity contribution in [3.05, 3.63) is 53.6 Å². The summed E-state index contributed by atoms with van der Waals surface area (Å²) in [4.78, 5) is 4.30. The molecule has 2 aromatic rings. The van der Waals surface area contributed by atoms with Crippen molar-refractivity contribution in [1.82, 2.24) is 14.9 Å². The quantitative estimate of drug-likeness (QED) is 0.903. The summed E-state index contributed by atoms with van der Waals surface area (Å²) in [5.41, 5.74) is 4.14. The van der Waals surface area contributed by atoms with Gasteiger partial charge < -0.3 is 9.88 Å². The van der Waals surface area contributed by atoms with Gasteiger partial charge in [-0.15, -0.1) is 0 Å². The maximum atomic E-state index is 4.30. The molecule has 20 heavy (non-hydrogen) atoms. The first-order chi connectivity index (χ1) is 9.49. The number of rotatable bonds is 5. The Morgan fingerprint density at radius 2 is 1.85 bits per heavy atom. The first kappa shape index (κ1) is 14.8. The highest BCUT2D eigenvalue weighted by Gasteiger charge is 2.11. The molecule has 0 aliphatic carbocycles. The van der Waals surface area contributed by atoms with Gasteiger partial charge in [-0.25, -0.2) is 4.98 Å². The summed E-state index contributed by atoms with van der Waals surface area (Å²) in [7, 11) is 0. The molecule has 0 fully saturated rings. The molecule has 0 amide bonds. The number of hydrogen-bond donors (Lipinski definition) is 1.